The SMILES string of the molecule is CCCCOc1ccccc1C=C(N=[N+]=[N-])C(=O)OC. The summed E-state index contributed by atoms with van der Waals surface area (Å²) in [6, 6.07) is 7.22. The second-order valence-corrected chi connectivity index (χ2v) is 3.95. The summed E-state index contributed by atoms with van der Waals surface area (Å²) in [6.07, 6.45) is 3.43. The Balaban J connectivity index is 3.04. The van der Waals surface area contributed by atoms with Gasteiger partial charge in [-0.25, -0.2) is 4.79 Å². The molecule has 0 atom stereocenters. The van der Waals surface area contributed by atoms with Crippen molar-refractivity contribution >= 4 is 12.0 Å². The molecule has 0 bridgehead atoms. The lowest BCUT2D eigenvalue weighted by atomic mass is 10.1. The van der Waals surface area contributed by atoms with Gasteiger partial charge in [0.25, 0.3) is 0 Å². The van der Waals surface area contributed by atoms with E-state index in [2.05, 4.69) is 21.7 Å². The van der Waals surface area contributed by atoms with Gasteiger partial charge in [-0.05, 0) is 24.1 Å². The second kappa shape index (κ2) is 8.61. The van der Waals surface area contributed by atoms with E-state index >= 15 is 0 Å². The van der Waals surface area contributed by atoms with Crippen molar-refractivity contribution in [2.75, 3.05) is 13.7 Å². The van der Waals surface area contributed by atoms with Crippen LogP contribution in [0.1, 0.15) is 25.3 Å². The first-order valence-electron chi connectivity index (χ1n) is 6.29. The quantitative estimate of drug-likeness (QED) is 0.190. The Kier molecular flexibility index (Phi) is 6.71. The van der Waals surface area contributed by atoms with E-state index in [4.69, 9.17) is 10.3 Å². The molecular formula is C14H17N3O3. The maximum absolute atomic E-state index is 11.5. The van der Waals surface area contributed by atoms with Gasteiger partial charge < -0.3 is 9.47 Å². The minimum atomic E-state index is -0.689. The van der Waals surface area contributed by atoms with Crippen molar-refractivity contribution in [1.82, 2.24) is 0 Å². The minimum Gasteiger partial charge on any atom is -0.493 e. The number of unbranched alkanes of at least 4 members (excludes halogenated alkanes) is 1. The van der Waals surface area contributed by atoms with Gasteiger partial charge in [-0.3, -0.25) is 0 Å². The number of azide groups is 1. The lowest BCUT2D eigenvalue weighted by Crippen LogP contribution is -2.03. The molecule has 0 aliphatic heterocycles. The number of carbonyl (C=O) groups is 1. The average Bonchev–Trinajstić information content (AvgIpc) is 2.48. The fourth-order valence-corrected chi connectivity index (χ4v) is 1.49. The van der Waals surface area contributed by atoms with Gasteiger partial charge in [-0.15, -0.1) is 0 Å². The molecule has 6 nitrogen and oxygen atoms in total. The number of rotatable bonds is 7. The van der Waals surface area contributed by atoms with Crippen molar-refractivity contribution in [3.63, 3.8) is 0 Å². The van der Waals surface area contributed by atoms with Crippen LogP contribution in [0.3, 0.4) is 0 Å². The van der Waals surface area contributed by atoms with Crippen LogP contribution < -0.4 is 4.74 Å². The molecule has 1 rings (SSSR count). The smallest absolute Gasteiger partial charge is 0.340 e. The van der Waals surface area contributed by atoms with E-state index < -0.39 is 5.97 Å². The van der Waals surface area contributed by atoms with Crippen LogP contribution >= 0.6 is 0 Å². The van der Waals surface area contributed by atoms with Crippen LogP contribution in [0.4, 0.5) is 0 Å². The number of para-hydroxylation sites is 1. The number of esters is 1. The molecule has 0 amide bonds. The Bertz CT molecular complexity index is 534. The summed E-state index contributed by atoms with van der Waals surface area (Å²) in [6.45, 7) is 2.67. The molecule has 0 aliphatic rings. The predicted molar refractivity (Wildman–Crippen MR) is 76.0 cm³/mol. The largest absolute Gasteiger partial charge is 0.493 e. The lowest BCUT2D eigenvalue weighted by Gasteiger charge is -2.09. The molecule has 20 heavy (non-hydrogen) atoms. The molecule has 0 spiro atoms. The maximum Gasteiger partial charge on any atom is 0.340 e. The summed E-state index contributed by atoms with van der Waals surface area (Å²) in [5, 5.41) is 3.34. The number of ether oxygens (including phenoxy) is 2. The Labute approximate surface area is 117 Å². The molecule has 1 aromatic carbocycles. The highest BCUT2D eigenvalue weighted by Crippen LogP contribution is 2.22. The van der Waals surface area contributed by atoms with Crippen LogP contribution in [-0.4, -0.2) is 19.7 Å². The third kappa shape index (κ3) is 4.66. The zero-order valence-electron chi connectivity index (χ0n) is 11.6. The average molecular weight is 275 g/mol. The van der Waals surface area contributed by atoms with Gasteiger partial charge in [0.1, 0.15) is 11.4 Å². The topological polar surface area (TPSA) is 84.3 Å². The van der Waals surface area contributed by atoms with E-state index in [-0.39, 0.29) is 5.70 Å². The van der Waals surface area contributed by atoms with E-state index in [1.54, 1.807) is 12.1 Å². The molecule has 0 radical (unpaired) electrons. The van der Waals surface area contributed by atoms with Crippen molar-refractivity contribution in [3.8, 4) is 5.75 Å². The Morgan fingerprint density at radius 3 is 2.85 bits per heavy atom. The molecule has 0 aliphatic carbocycles. The van der Waals surface area contributed by atoms with Crippen LogP contribution in [-0.2, 0) is 9.53 Å². The Hall–Kier alpha value is -2.46. The number of nitrogens with zero attached hydrogens (tertiary/aromatic N) is 3. The molecular weight excluding hydrogens is 258 g/mol. The molecule has 0 saturated heterocycles. The second-order valence-electron chi connectivity index (χ2n) is 3.95. The number of hydrogen-bond acceptors (Lipinski definition) is 4. The van der Waals surface area contributed by atoms with Gasteiger partial charge in [0.05, 0.1) is 13.7 Å². The molecule has 1 aromatic rings. The van der Waals surface area contributed by atoms with Crippen molar-refractivity contribution in [1.29, 1.82) is 0 Å². The first-order valence-corrected chi connectivity index (χ1v) is 6.29. The van der Waals surface area contributed by atoms with Crippen molar-refractivity contribution in [2.45, 2.75) is 19.8 Å². The van der Waals surface area contributed by atoms with E-state index in [9.17, 15) is 4.79 Å². The number of methoxy groups -OCH3 is 1. The zero-order chi connectivity index (χ0) is 14.8. The summed E-state index contributed by atoms with van der Waals surface area (Å²) in [5.41, 5.74) is 9.03. The molecule has 0 N–H and O–H groups in total. The molecule has 0 aromatic heterocycles. The van der Waals surface area contributed by atoms with Gasteiger partial charge in [0, 0.05) is 10.5 Å². The summed E-state index contributed by atoms with van der Waals surface area (Å²) in [7, 11) is 1.23. The predicted octanol–water partition coefficient (Wildman–Crippen LogP) is 3.69. The zero-order valence-corrected chi connectivity index (χ0v) is 11.6. The maximum atomic E-state index is 11.5. The van der Waals surface area contributed by atoms with Gasteiger partial charge in [0.15, 0.2) is 0 Å². The van der Waals surface area contributed by atoms with Crippen LogP contribution in [0.2, 0.25) is 0 Å². The molecule has 0 heterocycles. The van der Waals surface area contributed by atoms with Crippen LogP contribution in [0.25, 0.3) is 16.5 Å². The third-order valence-electron chi connectivity index (χ3n) is 2.51. The van der Waals surface area contributed by atoms with Crippen molar-refractivity contribution < 1.29 is 14.3 Å². The van der Waals surface area contributed by atoms with Crippen LogP contribution in [0.15, 0.2) is 35.1 Å². The highest BCUT2D eigenvalue weighted by Gasteiger charge is 2.09. The third-order valence-corrected chi connectivity index (χ3v) is 2.51. The van der Waals surface area contributed by atoms with E-state index in [0.717, 1.165) is 12.8 Å². The van der Waals surface area contributed by atoms with E-state index in [1.807, 2.05) is 12.1 Å². The van der Waals surface area contributed by atoms with Crippen LogP contribution in [0, 0.1) is 0 Å². The lowest BCUT2D eigenvalue weighted by molar-refractivity contribution is -0.136. The number of benzene rings is 1. The molecule has 106 valence electrons. The number of hydrogen-bond donors (Lipinski definition) is 0. The molecule has 0 fully saturated rings. The first-order chi connectivity index (χ1) is 9.72. The monoisotopic (exact) mass is 275 g/mol. The standard InChI is InChI=1S/C14H17N3O3/c1-3-4-9-20-13-8-6-5-7-11(13)10-12(16-17-15)14(18)19-2/h5-8,10H,3-4,9H2,1-2H3. The molecule has 0 unspecified atom stereocenters. The van der Waals surface area contributed by atoms with Crippen molar-refractivity contribution in [2.24, 2.45) is 5.11 Å². The fraction of sp³-hybridized carbons (Fsp3) is 0.357. The molecule has 6 heteroatoms. The Morgan fingerprint density at radius 1 is 1.45 bits per heavy atom. The van der Waals surface area contributed by atoms with Crippen molar-refractivity contribution in [3.05, 3.63) is 46.0 Å². The normalized spacial score (nSPS) is 10.6. The summed E-state index contributed by atoms with van der Waals surface area (Å²) >= 11 is 0. The minimum absolute atomic E-state index is 0.110. The number of carbonyl (C=O) groups excluding carboxylic acids is 1. The summed E-state index contributed by atoms with van der Waals surface area (Å²) in [4.78, 5) is 14.1. The highest BCUT2D eigenvalue weighted by atomic mass is 16.5. The van der Waals surface area contributed by atoms with Gasteiger partial charge in [-0.1, -0.05) is 36.7 Å². The first kappa shape index (κ1) is 15.6. The van der Waals surface area contributed by atoms with E-state index in [1.165, 1.54) is 13.2 Å². The van der Waals surface area contributed by atoms with Crippen LogP contribution in [0.5, 0.6) is 5.75 Å². The van der Waals surface area contributed by atoms with E-state index in [0.29, 0.717) is 17.9 Å². The summed E-state index contributed by atoms with van der Waals surface area (Å²) < 4.78 is 10.2. The summed E-state index contributed by atoms with van der Waals surface area (Å²) in [5.74, 6) is -0.0540. The van der Waals surface area contributed by atoms with Gasteiger partial charge in [0.2, 0.25) is 0 Å². The van der Waals surface area contributed by atoms with Gasteiger partial charge in [-0.2, -0.15) is 0 Å². The fourth-order valence-electron chi connectivity index (χ4n) is 1.49. The Morgan fingerprint density at radius 2 is 2.20 bits per heavy atom. The molecule has 0 saturated carbocycles. The van der Waals surface area contributed by atoms with Gasteiger partial charge >= 0.3 is 5.97 Å². The highest BCUT2D eigenvalue weighted by molar-refractivity contribution is 5.93.